The highest BCUT2D eigenvalue weighted by atomic mass is 14.9. The molecule has 1 aliphatic rings. The molecule has 1 N–H and O–H groups in total. The average Bonchev–Trinajstić information content (AvgIpc) is 2.17. The van der Waals surface area contributed by atoms with Crippen molar-refractivity contribution in [2.75, 3.05) is 0 Å². The molecule has 2 heterocycles. The molecule has 13 heavy (non-hydrogen) atoms. The van der Waals surface area contributed by atoms with E-state index in [2.05, 4.69) is 29.1 Å². The summed E-state index contributed by atoms with van der Waals surface area (Å²) >= 11 is 0. The van der Waals surface area contributed by atoms with E-state index in [0.717, 1.165) is 17.9 Å². The predicted octanol–water partition coefficient (Wildman–Crippen LogP) is 1.67. The van der Waals surface area contributed by atoms with Crippen LogP contribution in [0.1, 0.15) is 36.7 Å². The number of nitrogens with zero attached hydrogens (tertiary/aromatic N) is 2. The Balaban J connectivity index is 2.53. The van der Waals surface area contributed by atoms with Crippen molar-refractivity contribution in [2.24, 2.45) is 0 Å². The Bertz CT molecular complexity index is 342. The first-order chi connectivity index (χ1) is 6.29. The predicted molar refractivity (Wildman–Crippen MR) is 52.0 cm³/mol. The summed E-state index contributed by atoms with van der Waals surface area (Å²) in [5.74, 6) is 0.463. The van der Waals surface area contributed by atoms with Crippen molar-refractivity contribution in [1.82, 2.24) is 15.3 Å². The molecule has 1 aliphatic heterocycles. The van der Waals surface area contributed by atoms with Crippen molar-refractivity contribution in [2.45, 2.75) is 26.3 Å². The van der Waals surface area contributed by atoms with Gasteiger partial charge >= 0.3 is 0 Å². The Morgan fingerprint density at radius 3 is 3.00 bits per heavy atom. The lowest BCUT2D eigenvalue weighted by molar-refractivity contribution is 0.748. The van der Waals surface area contributed by atoms with Crippen molar-refractivity contribution < 1.29 is 0 Å². The van der Waals surface area contributed by atoms with Gasteiger partial charge in [0.15, 0.2) is 0 Å². The number of hydrogen-bond donors (Lipinski definition) is 1. The van der Waals surface area contributed by atoms with Gasteiger partial charge in [0.1, 0.15) is 6.33 Å². The minimum atomic E-state index is 0.463. The summed E-state index contributed by atoms with van der Waals surface area (Å²) in [6.45, 7) is 5.15. The van der Waals surface area contributed by atoms with Gasteiger partial charge < -0.3 is 5.32 Å². The number of nitrogens with one attached hydrogen (secondary N) is 1. The maximum atomic E-state index is 4.31. The van der Waals surface area contributed by atoms with Gasteiger partial charge in [-0.2, -0.15) is 0 Å². The summed E-state index contributed by atoms with van der Waals surface area (Å²) < 4.78 is 0. The molecule has 3 nitrogen and oxygen atoms in total. The van der Waals surface area contributed by atoms with Crippen LogP contribution in [0, 0.1) is 0 Å². The zero-order valence-corrected chi connectivity index (χ0v) is 7.91. The summed E-state index contributed by atoms with van der Waals surface area (Å²) in [6, 6.07) is 0. The quantitative estimate of drug-likeness (QED) is 0.705. The van der Waals surface area contributed by atoms with Gasteiger partial charge in [-0.05, 0) is 18.2 Å². The van der Waals surface area contributed by atoms with E-state index in [-0.39, 0.29) is 0 Å². The topological polar surface area (TPSA) is 37.8 Å². The van der Waals surface area contributed by atoms with Crippen LogP contribution in [0.2, 0.25) is 0 Å². The Labute approximate surface area is 77.9 Å². The maximum absolute atomic E-state index is 4.31. The maximum Gasteiger partial charge on any atom is 0.116 e. The number of aromatic nitrogens is 2. The van der Waals surface area contributed by atoms with Crippen molar-refractivity contribution >= 4 is 6.08 Å². The summed E-state index contributed by atoms with van der Waals surface area (Å²) in [6.07, 6.45) is 5.57. The van der Waals surface area contributed by atoms with Gasteiger partial charge in [-0.15, -0.1) is 0 Å². The van der Waals surface area contributed by atoms with Gasteiger partial charge in [-0.3, -0.25) is 0 Å². The van der Waals surface area contributed by atoms with Crippen molar-refractivity contribution in [1.29, 1.82) is 0 Å². The Morgan fingerprint density at radius 1 is 1.38 bits per heavy atom. The Morgan fingerprint density at radius 2 is 2.23 bits per heavy atom. The third kappa shape index (κ3) is 1.41. The minimum Gasteiger partial charge on any atom is -0.387 e. The summed E-state index contributed by atoms with van der Waals surface area (Å²) in [5, 5.41) is 3.18. The highest BCUT2D eigenvalue weighted by Crippen LogP contribution is 2.21. The lowest BCUT2D eigenvalue weighted by Gasteiger charge is -2.16. The molecule has 0 aliphatic carbocycles. The first kappa shape index (κ1) is 8.23. The van der Waals surface area contributed by atoms with Gasteiger partial charge in [-0.25, -0.2) is 9.97 Å². The lowest BCUT2D eigenvalue weighted by Crippen LogP contribution is -2.15. The molecule has 0 aromatic carbocycles. The van der Waals surface area contributed by atoms with E-state index in [4.69, 9.17) is 0 Å². The molecule has 2 rings (SSSR count). The highest BCUT2D eigenvalue weighted by molar-refractivity contribution is 5.52. The SMILES string of the molecule is CC(C)c1ncnc2c1CNC=C2. The second-order valence-corrected chi connectivity index (χ2v) is 3.49. The van der Waals surface area contributed by atoms with Crippen LogP contribution in [0.4, 0.5) is 0 Å². The molecule has 0 saturated carbocycles. The van der Waals surface area contributed by atoms with Crippen molar-refractivity contribution in [3.05, 3.63) is 29.5 Å². The van der Waals surface area contributed by atoms with Crippen LogP contribution in [-0.2, 0) is 6.54 Å². The second kappa shape index (κ2) is 3.17. The van der Waals surface area contributed by atoms with Gasteiger partial charge in [-0.1, -0.05) is 13.8 Å². The molecule has 0 fully saturated rings. The molecule has 0 bridgehead atoms. The first-order valence-electron chi connectivity index (χ1n) is 4.52. The lowest BCUT2D eigenvalue weighted by atomic mass is 10.0. The van der Waals surface area contributed by atoms with E-state index in [1.54, 1.807) is 6.33 Å². The zero-order chi connectivity index (χ0) is 9.26. The molecule has 0 unspecified atom stereocenters. The Kier molecular flexibility index (Phi) is 2.00. The molecule has 68 valence electrons. The van der Waals surface area contributed by atoms with Gasteiger partial charge in [0.25, 0.3) is 0 Å². The highest BCUT2D eigenvalue weighted by Gasteiger charge is 2.13. The molecule has 0 atom stereocenters. The largest absolute Gasteiger partial charge is 0.387 e. The normalized spacial score (nSPS) is 14.1. The van der Waals surface area contributed by atoms with Gasteiger partial charge in [0, 0.05) is 12.1 Å². The van der Waals surface area contributed by atoms with Crippen LogP contribution < -0.4 is 5.32 Å². The van der Waals surface area contributed by atoms with Crippen LogP contribution in [-0.4, -0.2) is 9.97 Å². The van der Waals surface area contributed by atoms with Crippen LogP contribution in [0.3, 0.4) is 0 Å². The van der Waals surface area contributed by atoms with Crippen LogP contribution in [0.25, 0.3) is 6.08 Å². The van der Waals surface area contributed by atoms with E-state index in [9.17, 15) is 0 Å². The molecule has 0 amide bonds. The standard InChI is InChI=1S/C10H13N3/c1-7(2)10-8-5-11-4-3-9(8)12-6-13-10/h3-4,6-7,11H,5H2,1-2H3. The fourth-order valence-corrected chi connectivity index (χ4v) is 1.56. The third-order valence-corrected chi connectivity index (χ3v) is 2.20. The fraction of sp³-hybridized carbons (Fsp3) is 0.400. The van der Waals surface area contributed by atoms with Crippen LogP contribution >= 0.6 is 0 Å². The third-order valence-electron chi connectivity index (χ3n) is 2.20. The van der Waals surface area contributed by atoms with E-state index < -0.39 is 0 Å². The molecular weight excluding hydrogens is 162 g/mol. The number of hydrogen-bond acceptors (Lipinski definition) is 3. The summed E-state index contributed by atoms with van der Waals surface area (Å²) in [5.41, 5.74) is 3.44. The van der Waals surface area contributed by atoms with E-state index in [1.165, 1.54) is 5.56 Å². The van der Waals surface area contributed by atoms with Crippen molar-refractivity contribution in [3.8, 4) is 0 Å². The van der Waals surface area contributed by atoms with Crippen LogP contribution in [0.5, 0.6) is 0 Å². The molecule has 0 radical (unpaired) electrons. The van der Waals surface area contributed by atoms with Crippen LogP contribution in [0.15, 0.2) is 12.5 Å². The average molecular weight is 175 g/mol. The van der Waals surface area contributed by atoms with Gasteiger partial charge in [0.05, 0.1) is 11.4 Å². The summed E-state index contributed by atoms with van der Waals surface area (Å²) in [4.78, 5) is 8.53. The molecule has 1 aromatic rings. The number of rotatable bonds is 1. The molecular formula is C10H13N3. The van der Waals surface area contributed by atoms with E-state index in [0.29, 0.717) is 5.92 Å². The van der Waals surface area contributed by atoms with Gasteiger partial charge in [0.2, 0.25) is 0 Å². The molecule has 0 spiro atoms. The fourth-order valence-electron chi connectivity index (χ4n) is 1.56. The zero-order valence-electron chi connectivity index (χ0n) is 7.91. The molecule has 3 heteroatoms. The first-order valence-corrected chi connectivity index (χ1v) is 4.52. The monoisotopic (exact) mass is 175 g/mol. The van der Waals surface area contributed by atoms with E-state index in [1.807, 2.05) is 12.3 Å². The molecule has 0 saturated heterocycles. The minimum absolute atomic E-state index is 0.463. The van der Waals surface area contributed by atoms with E-state index >= 15 is 0 Å². The second-order valence-electron chi connectivity index (χ2n) is 3.49. The number of fused-ring (bicyclic) bond motifs is 1. The molecule has 1 aromatic heterocycles. The smallest absolute Gasteiger partial charge is 0.116 e. The van der Waals surface area contributed by atoms with Crippen molar-refractivity contribution in [3.63, 3.8) is 0 Å². The summed E-state index contributed by atoms with van der Waals surface area (Å²) in [7, 11) is 0. The Hall–Kier alpha value is -1.38.